The van der Waals surface area contributed by atoms with Gasteiger partial charge in [-0.2, -0.15) is 0 Å². The summed E-state index contributed by atoms with van der Waals surface area (Å²) in [4.78, 5) is 27.7. The summed E-state index contributed by atoms with van der Waals surface area (Å²) in [6.07, 6.45) is 2.01. The molecule has 6 heteroatoms. The van der Waals surface area contributed by atoms with Crippen LogP contribution in [0.2, 0.25) is 0 Å². The van der Waals surface area contributed by atoms with Crippen molar-refractivity contribution in [3.63, 3.8) is 0 Å². The van der Waals surface area contributed by atoms with Gasteiger partial charge in [0.15, 0.2) is 0 Å². The van der Waals surface area contributed by atoms with Gasteiger partial charge < -0.3 is 14.8 Å². The van der Waals surface area contributed by atoms with Crippen LogP contribution in [0, 0.1) is 0 Å². The van der Waals surface area contributed by atoms with E-state index in [1.807, 2.05) is 37.3 Å². The van der Waals surface area contributed by atoms with Gasteiger partial charge in [0.2, 0.25) is 11.7 Å². The molecular weight excluding hydrogens is 320 g/mol. The molecule has 2 aromatic carbocycles. The molecule has 0 fully saturated rings. The highest BCUT2D eigenvalue weighted by molar-refractivity contribution is 6.03. The van der Waals surface area contributed by atoms with Crippen molar-refractivity contribution in [2.45, 2.75) is 13.3 Å². The summed E-state index contributed by atoms with van der Waals surface area (Å²) in [6, 6.07) is 13.9. The molecule has 0 aliphatic rings. The Morgan fingerprint density at radius 3 is 2.60 bits per heavy atom. The van der Waals surface area contributed by atoms with E-state index in [4.69, 9.17) is 9.52 Å². The number of carboxylic acid groups (broad SMARTS) is 1. The van der Waals surface area contributed by atoms with Gasteiger partial charge in [-0.1, -0.05) is 31.2 Å². The maximum Gasteiger partial charge on any atom is 0.335 e. The fraction of sp³-hybridized carbons (Fsp3) is 0.105. The Bertz CT molecular complexity index is 916. The number of oxazole rings is 1. The fourth-order valence-electron chi connectivity index (χ4n) is 2.41. The lowest BCUT2D eigenvalue weighted by Gasteiger charge is -2.09. The number of hydrogen-bond donors (Lipinski definition) is 2. The zero-order chi connectivity index (χ0) is 17.8. The van der Waals surface area contributed by atoms with Crippen LogP contribution in [0.5, 0.6) is 0 Å². The molecule has 0 aliphatic carbocycles. The summed E-state index contributed by atoms with van der Waals surface area (Å²) in [6.45, 7) is 1.92. The summed E-state index contributed by atoms with van der Waals surface area (Å²) in [5.74, 6) is -1.13. The Hall–Kier alpha value is -3.41. The van der Waals surface area contributed by atoms with Crippen molar-refractivity contribution in [1.29, 1.82) is 0 Å². The van der Waals surface area contributed by atoms with Crippen molar-refractivity contribution in [3.05, 3.63) is 71.6 Å². The van der Waals surface area contributed by atoms with E-state index < -0.39 is 11.9 Å². The predicted octanol–water partition coefficient (Wildman–Crippen LogP) is 3.85. The van der Waals surface area contributed by atoms with Gasteiger partial charge in [-0.3, -0.25) is 4.79 Å². The fourth-order valence-corrected chi connectivity index (χ4v) is 2.41. The van der Waals surface area contributed by atoms with Gasteiger partial charge in [0, 0.05) is 11.3 Å². The molecule has 3 aromatic rings. The average Bonchev–Trinajstić information content (AvgIpc) is 3.12. The lowest BCUT2D eigenvalue weighted by Crippen LogP contribution is -2.13. The standard InChI is InChI=1S/C19H16N2O4/c1-2-12-8-9-14(19(23)24)10-15(12)21-17(22)16-11-20-18(25-16)13-6-4-3-5-7-13/h3-11H,2H2,1H3,(H,21,22)(H,23,24). The topological polar surface area (TPSA) is 92.4 Å². The third kappa shape index (κ3) is 3.58. The quantitative estimate of drug-likeness (QED) is 0.738. The Balaban J connectivity index is 1.84. The molecule has 0 saturated heterocycles. The molecular formula is C19H16N2O4. The first-order chi connectivity index (χ1) is 12.1. The number of nitrogens with zero attached hydrogens (tertiary/aromatic N) is 1. The molecule has 0 bridgehead atoms. The maximum absolute atomic E-state index is 12.4. The Kier molecular flexibility index (Phi) is 4.61. The molecule has 3 rings (SSSR count). The van der Waals surface area contributed by atoms with E-state index in [9.17, 15) is 9.59 Å². The Morgan fingerprint density at radius 1 is 1.16 bits per heavy atom. The van der Waals surface area contributed by atoms with E-state index in [-0.39, 0.29) is 11.3 Å². The van der Waals surface area contributed by atoms with Crippen LogP contribution < -0.4 is 5.32 Å². The molecule has 25 heavy (non-hydrogen) atoms. The van der Waals surface area contributed by atoms with Crippen molar-refractivity contribution in [2.75, 3.05) is 5.32 Å². The van der Waals surface area contributed by atoms with Crippen LogP contribution in [0.4, 0.5) is 5.69 Å². The molecule has 0 spiro atoms. The zero-order valence-electron chi connectivity index (χ0n) is 13.5. The van der Waals surface area contributed by atoms with Crippen LogP contribution >= 0.6 is 0 Å². The second-order valence-electron chi connectivity index (χ2n) is 5.38. The molecule has 1 amide bonds. The number of amides is 1. The van der Waals surface area contributed by atoms with Crippen molar-refractivity contribution in [1.82, 2.24) is 4.98 Å². The number of aromatic nitrogens is 1. The highest BCUT2D eigenvalue weighted by atomic mass is 16.4. The Morgan fingerprint density at radius 2 is 1.92 bits per heavy atom. The van der Waals surface area contributed by atoms with E-state index in [1.165, 1.54) is 18.3 Å². The number of aryl methyl sites for hydroxylation is 1. The third-order valence-corrected chi connectivity index (χ3v) is 3.74. The normalized spacial score (nSPS) is 10.4. The minimum atomic E-state index is -1.05. The SMILES string of the molecule is CCc1ccc(C(=O)O)cc1NC(=O)c1cnc(-c2ccccc2)o1. The van der Waals surface area contributed by atoms with Crippen LogP contribution in [0.3, 0.4) is 0 Å². The summed E-state index contributed by atoms with van der Waals surface area (Å²) in [7, 11) is 0. The molecule has 0 radical (unpaired) electrons. The molecule has 2 N–H and O–H groups in total. The van der Waals surface area contributed by atoms with Gasteiger partial charge in [-0.25, -0.2) is 9.78 Å². The van der Waals surface area contributed by atoms with Gasteiger partial charge in [-0.05, 0) is 36.2 Å². The molecule has 1 aromatic heterocycles. The average molecular weight is 336 g/mol. The molecule has 0 saturated carbocycles. The first-order valence-corrected chi connectivity index (χ1v) is 7.77. The lowest BCUT2D eigenvalue weighted by molar-refractivity contribution is 0.0696. The van der Waals surface area contributed by atoms with Gasteiger partial charge >= 0.3 is 5.97 Å². The third-order valence-electron chi connectivity index (χ3n) is 3.74. The smallest absolute Gasteiger partial charge is 0.335 e. The molecule has 0 aliphatic heterocycles. The number of nitrogens with one attached hydrogen (secondary N) is 1. The van der Waals surface area contributed by atoms with Crippen LogP contribution in [-0.2, 0) is 6.42 Å². The molecule has 6 nitrogen and oxygen atoms in total. The van der Waals surface area contributed by atoms with Crippen LogP contribution in [0.1, 0.15) is 33.4 Å². The molecule has 0 unspecified atom stereocenters. The molecule has 0 atom stereocenters. The van der Waals surface area contributed by atoms with E-state index in [0.29, 0.717) is 18.0 Å². The van der Waals surface area contributed by atoms with E-state index >= 15 is 0 Å². The summed E-state index contributed by atoms with van der Waals surface area (Å²) < 4.78 is 5.52. The number of hydrogen-bond acceptors (Lipinski definition) is 4. The predicted molar refractivity (Wildman–Crippen MR) is 92.7 cm³/mol. The number of anilines is 1. The summed E-state index contributed by atoms with van der Waals surface area (Å²) >= 11 is 0. The monoisotopic (exact) mass is 336 g/mol. The number of benzene rings is 2. The van der Waals surface area contributed by atoms with Crippen molar-refractivity contribution in [3.8, 4) is 11.5 Å². The van der Waals surface area contributed by atoms with Gasteiger partial charge in [-0.15, -0.1) is 0 Å². The van der Waals surface area contributed by atoms with Crippen molar-refractivity contribution >= 4 is 17.6 Å². The van der Waals surface area contributed by atoms with Crippen LogP contribution in [-0.4, -0.2) is 22.0 Å². The van der Waals surface area contributed by atoms with Crippen LogP contribution in [0.25, 0.3) is 11.5 Å². The summed E-state index contributed by atoms with van der Waals surface area (Å²) in [5.41, 5.74) is 2.16. The Labute approximate surface area is 144 Å². The minimum Gasteiger partial charge on any atom is -0.478 e. The zero-order valence-corrected chi connectivity index (χ0v) is 13.5. The van der Waals surface area contributed by atoms with Gasteiger partial charge in [0.05, 0.1) is 11.8 Å². The number of carbonyl (C=O) groups excluding carboxylic acids is 1. The highest BCUT2D eigenvalue weighted by Crippen LogP contribution is 2.22. The number of carboxylic acids is 1. The van der Waals surface area contributed by atoms with E-state index in [1.54, 1.807) is 6.07 Å². The van der Waals surface area contributed by atoms with E-state index in [2.05, 4.69) is 10.3 Å². The van der Waals surface area contributed by atoms with E-state index in [0.717, 1.165) is 11.1 Å². The lowest BCUT2D eigenvalue weighted by atomic mass is 10.1. The van der Waals surface area contributed by atoms with Gasteiger partial charge in [0.25, 0.3) is 5.91 Å². The molecule has 126 valence electrons. The highest BCUT2D eigenvalue weighted by Gasteiger charge is 2.16. The second kappa shape index (κ2) is 7.00. The van der Waals surface area contributed by atoms with Crippen molar-refractivity contribution in [2.24, 2.45) is 0 Å². The number of aromatic carboxylic acids is 1. The number of carbonyl (C=O) groups is 2. The minimum absolute atomic E-state index is 0.0571. The largest absolute Gasteiger partial charge is 0.478 e. The second-order valence-corrected chi connectivity index (χ2v) is 5.38. The summed E-state index contributed by atoms with van der Waals surface area (Å²) in [5, 5.41) is 11.8. The molecule has 1 heterocycles. The van der Waals surface area contributed by atoms with Crippen LogP contribution in [0.15, 0.2) is 59.1 Å². The first kappa shape index (κ1) is 16.4. The van der Waals surface area contributed by atoms with Crippen molar-refractivity contribution < 1.29 is 19.1 Å². The maximum atomic E-state index is 12.4. The van der Waals surface area contributed by atoms with Gasteiger partial charge in [0.1, 0.15) is 0 Å². The first-order valence-electron chi connectivity index (χ1n) is 7.77. The number of rotatable bonds is 5.